The maximum atomic E-state index is 7.75. The summed E-state index contributed by atoms with van der Waals surface area (Å²) >= 11 is 21.8. The quantitative estimate of drug-likeness (QED) is 0.0981. The van der Waals surface area contributed by atoms with Crippen LogP contribution in [0.15, 0.2) is 140 Å². The van der Waals surface area contributed by atoms with Gasteiger partial charge in [0.25, 0.3) is 0 Å². The number of fused-ring (bicyclic) bond motifs is 3. The molecule has 0 unspecified atom stereocenters. The van der Waals surface area contributed by atoms with Crippen molar-refractivity contribution in [1.29, 1.82) is 0 Å². The predicted molar refractivity (Wildman–Crippen MR) is 223 cm³/mol. The first-order chi connectivity index (χ1) is 26.4. The second-order valence-corrected chi connectivity index (χ2v) is 25.6. The van der Waals surface area contributed by atoms with Gasteiger partial charge in [0.15, 0.2) is 0 Å². The van der Waals surface area contributed by atoms with Gasteiger partial charge in [-0.2, -0.15) is 0 Å². The number of ether oxygens (including phenoxy) is 1. The molecule has 5 nitrogen and oxygen atoms in total. The molecule has 0 saturated carbocycles. The molecule has 0 atom stereocenters. The van der Waals surface area contributed by atoms with Crippen LogP contribution in [0.3, 0.4) is 0 Å². The molecule has 0 fully saturated rings. The van der Waals surface area contributed by atoms with Crippen LogP contribution in [0.4, 0.5) is 34.1 Å². The third-order valence-corrected chi connectivity index (χ3v) is 26.7. The molecule has 0 aromatic heterocycles. The third-order valence-electron chi connectivity index (χ3n) is 11.0. The van der Waals surface area contributed by atoms with Gasteiger partial charge in [-0.3, -0.25) is 0 Å². The van der Waals surface area contributed by atoms with Gasteiger partial charge in [-0.1, -0.05) is 0 Å². The van der Waals surface area contributed by atoms with Crippen LogP contribution in [0.5, 0.6) is 23.0 Å². The van der Waals surface area contributed by atoms with E-state index >= 15 is 0 Å². The summed E-state index contributed by atoms with van der Waals surface area (Å²) in [4.78, 5) is 4.59. The van der Waals surface area contributed by atoms with Gasteiger partial charge in [0.2, 0.25) is 0 Å². The maximum absolute atomic E-state index is 7.75. The summed E-state index contributed by atoms with van der Waals surface area (Å²) in [7, 11) is 0. The van der Waals surface area contributed by atoms with E-state index in [-0.39, 0.29) is 31.6 Å². The van der Waals surface area contributed by atoms with Crippen LogP contribution in [0, 0.1) is 0 Å². The standard InChI is InChI=1S/C38H23N2O.C6H2Cl4O2.Sb/c1-3-10-29-22-35(20-18-27(29)8-1)39-31-12-5-13-32(24-31)40(36-21-19-28-9-2-4-11-30(28)23-36)34-15-7-17-38(26-34)41-37-16-6-14-33(39)25-37;7-1-2(8)4(10)6(12)5(11)3(1)9;/h1-23H;11-12H;/q;;+2/p-2. The normalized spacial score (nSPS) is 16.6. The predicted octanol–water partition coefficient (Wildman–Crippen LogP) is 12.2. The first-order valence-corrected chi connectivity index (χ1v) is 24.7. The Labute approximate surface area is 331 Å². The second-order valence-electron chi connectivity index (χ2n) is 13.8. The van der Waals surface area contributed by atoms with Crippen molar-refractivity contribution >= 4 is 131 Å². The summed E-state index contributed by atoms with van der Waals surface area (Å²) in [5.41, 5.74) is 5.55. The van der Waals surface area contributed by atoms with Gasteiger partial charge in [0.05, 0.1) is 0 Å². The SMILES string of the molecule is Clc1c(Cl)c(Cl)c2c(c1Cl)[O][Sb]13([O]2)[c]2c4cccc2N(c2ccc5ccccc5c2)c2cccc([c]21)N(c1ccc2ccccc2c1)c1cccc([c]13)O4. The van der Waals surface area contributed by atoms with E-state index in [1.54, 1.807) is 0 Å². The van der Waals surface area contributed by atoms with Gasteiger partial charge >= 0.3 is 334 Å². The average molecular weight is 891 g/mol. The van der Waals surface area contributed by atoms with Gasteiger partial charge in [-0.15, -0.1) is 0 Å². The van der Waals surface area contributed by atoms with Crippen LogP contribution in [0.2, 0.25) is 20.1 Å². The van der Waals surface area contributed by atoms with Crippen LogP contribution >= 0.6 is 46.4 Å². The molecule has 0 radical (unpaired) electrons. The molecule has 0 N–H and O–H groups in total. The molecular weight excluding hydrogens is 868 g/mol. The zero-order chi connectivity index (χ0) is 36.1. The molecule has 12 rings (SSSR count). The Morgan fingerprint density at radius 2 is 0.796 bits per heavy atom. The van der Waals surface area contributed by atoms with Gasteiger partial charge in [-0.05, 0) is 0 Å². The van der Waals surface area contributed by atoms with Crippen LogP contribution in [-0.4, -0.2) is 18.2 Å². The Morgan fingerprint density at radius 3 is 1.26 bits per heavy atom. The molecule has 260 valence electrons. The molecule has 0 amide bonds. The van der Waals surface area contributed by atoms with E-state index in [9.17, 15) is 0 Å². The van der Waals surface area contributed by atoms with Gasteiger partial charge < -0.3 is 0 Å². The number of hydrogen-bond donors (Lipinski definition) is 0. The van der Waals surface area contributed by atoms with Crippen LogP contribution in [-0.2, 0) is 0 Å². The monoisotopic (exact) mass is 888 g/mol. The number of rotatable bonds is 2. The molecule has 0 aliphatic carbocycles. The van der Waals surface area contributed by atoms with Crippen molar-refractivity contribution < 1.29 is 10.8 Å². The topological polar surface area (TPSA) is 34.2 Å². The summed E-state index contributed by atoms with van der Waals surface area (Å²) in [6, 6.07) is 48.5. The van der Waals surface area contributed by atoms with Crippen molar-refractivity contribution in [2.75, 3.05) is 9.80 Å². The van der Waals surface area contributed by atoms with Crippen molar-refractivity contribution in [3.8, 4) is 23.0 Å². The van der Waals surface area contributed by atoms with E-state index in [1.807, 2.05) is 24.3 Å². The molecule has 4 aliphatic heterocycles. The average Bonchev–Trinajstić information content (AvgIpc) is 3.56. The number of hydrogen-bond acceptors (Lipinski definition) is 5. The Bertz CT molecular complexity index is 2850. The Balaban J connectivity index is 1.27. The van der Waals surface area contributed by atoms with E-state index in [0.717, 1.165) is 66.2 Å². The number of benzene rings is 8. The van der Waals surface area contributed by atoms with Crippen molar-refractivity contribution in [3.63, 3.8) is 0 Å². The van der Waals surface area contributed by atoms with Crippen molar-refractivity contribution in [3.05, 3.63) is 160 Å². The summed E-state index contributed by atoms with van der Waals surface area (Å²) in [6.07, 6.45) is 0. The van der Waals surface area contributed by atoms with E-state index in [0.29, 0.717) is 11.5 Å². The Morgan fingerprint density at radius 1 is 0.389 bits per heavy atom. The first-order valence-electron chi connectivity index (χ1n) is 17.3. The second kappa shape index (κ2) is 10.7. The van der Waals surface area contributed by atoms with Crippen molar-refractivity contribution in [2.24, 2.45) is 0 Å². The van der Waals surface area contributed by atoms with Gasteiger partial charge in [0, 0.05) is 0 Å². The van der Waals surface area contributed by atoms with Gasteiger partial charge in [0.1, 0.15) is 0 Å². The molecule has 8 aromatic rings. The van der Waals surface area contributed by atoms with E-state index in [4.69, 9.17) is 57.2 Å². The molecule has 10 heteroatoms. The Kier molecular flexibility index (Phi) is 6.27. The molecule has 4 aliphatic rings. The molecule has 4 heterocycles. The fraction of sp³-hybridized carbons (Fsp3) is 0. The third kappa shape index (κ3) is 3.70. The van der Waals surface area contributed by atoms with Crippen LogP contribution in [0.25, 0.3) is 21.5 Å². The first kappa shape index (κ1) is 31.6. The number of halogens is 4. The summed E-state index contributed by atoms with van der Waals surface area (Å²) in [5, 5.41) is 5.04. The van der Waals surface area contributed by atoms with E-state index in [2.05, 4.69) is 125 Å². The summed E-state index contributed by atoms with van der Waals surface area (Å²) < 4.78 is 25.1. The van der Waals surface area contributed by atoms with Crippen molar-refractivity contribution in [2.45, 2.75) is 0 Å². The zero-order valence-corrected chi connectivity index (χ0v) is 33.4. The van der Waals surface area contributed by atoms with E-state index in [1.165, 1.54) is 0 Å². The van der Waals surface area contributed by atoms with Gasteiger partial charge in [-0.25, -0.2) is 0 Å². The van der Waals surface area contributed by atoms with Crippen molar-refractivity contribution in [1.82, 2.24) is 0 Å². The number of nitrogens with zero attached hydrogens (tertiary/aromatic N) is 2. The molecule has 8 aromatic carbocycles. The van der Waals surface area contributed by atoms with E-state index < -0.39 is 18.2 Å². The number of anilines is 6. The Hall–Kier alpha value is -4.74. The van der Waals surface area contributed by atoms with Crippen LogP contribution in [0.1, 0.15) is 0 Å². The minimum absolute atomic E-state index is 0.106. The zero-order valence-electron chi connectivity index (χ0n) is 27.9. The molecule has 54 heavy (non-hydrogen) atoms. The molecule has 0 saturated heterocycles. The fourth-order valence-electron chi connectivity index (χ4n) is 8.96. The molecule has 1 spiro atoms. The molecule has 0 bridgehead atoms. The minimum atomic E-state index is -5.95. The van der Waals surface area contributed by atoms with Crippen LogP contribution < -0.4 is 31.1 Å². The summed E-state index contributed by atoms with van der Waals surface area (Å²) in [5.74, 6) is 1.84. The molecular formula is C44H23Cl4N2O3Sb. The fourth-order valence-corrected chi connectivity index (χ4v) is 26.5. The summed E-state index contributed by atoms with van der Waals surface area (Å²) in [6.45, 7) is 0.